The quantitative estimate of drug-likeness (QED) is 0.837. The van der Waals surface area contributed by atoms with E-state index in [9.17, 15) is 4.79 Å². The molecule has 1 saturated heterocycles. The number of hydrogen-bond donors (Lipinski definition) is 1. The van der Waals surface area contributed by atoms with Crippen molar-refractivity contribution in [3.05, 3.63) is 53.9 Å². The molecule has 0 spiro atoms. The van der Waals surface area contributed by atoms with Crippen molar-refractivity contribution in [2.24, 2.45) is 0 Å². The van der Waals surface area contributed by atoms with Gasteiger partial charge >= 0.3 is 0 Å². The number of piperazine rings is 1. The Labute approximate surface area is 165 Å². The smallest absolute Gasteiger partial charge is 0.240 e. The van der Waals surface area contributed by atoms with Crippen molar-refractivity contribution < 1.29 is 4.79 Å². The van der Waals surface area contributed by atoms with Gasteiger partial charge in [0.2, 0.25) is 11.9 Å². The lowest BCUT2D eigenvalue weighted by Gasteiger charge is -2.37. The molecular weight excluding hydrogens is 373 g/mol. The Bertz CT molecular complexity index is 723. The van der Waals surface area contributed by atoms with E-state index in [1.165, 1.54) is 11.1 Å². The number of rotatable bonds is 2. The van der Waals surface area contributed by atoms with Crippen LogP contribution in [0.3, 0.4) is 0 Å². The maximum absolute atomic E-state index is 12.8. The van der Waals surface area contributed by atoms with E-state index in [0.29, 0.717) is 0 Å². The van der Waals surface area contributed by atoms with Crippen molar-refractivity contribution in [3.8, 4) is 0 Å². The highest BCUT2D eigenvalue weighted by molar-refractivity contribution is 5.85. The molecule has 8 heteroatoms. The molecule has 3 heterocycles. The Kier molecular flexibility index (Phi) is 7.20. The van der Waals surface area contributed by atoms with Crippen LogP contribution in [0.15, 0.2) is 42.7 Å². The van der Waals surface area contributed by atoms with Crippen molar-refractivity contribution in [1.29, 1.82) is 0 Å². The molecule has 1 atom stereocenters. The van der Waals surface area contributed by atoms with E-state index < -0.39 is 0 Å². The van der Waals surface area contributed by atoms with E-state index in [2.05, 4.69) is 32.3 Å². The van der Waals surface area contributed by atoms with Gasteiger partial charge in [-0.2, -0.15) is 0 Å². The Morgan fingerprint density at radius 1 is 0.962 bits per heavy atom. The van der Waals surface area contributed by atoms with Crippen molar-refractivity contribution >= 4 is 36.7 Å². The van der Waals surface area contributed by atoms with E-state index in [0.717, 1.165) is 45.1 Å². The van der Waals surface area contributed by atoms with Crippen LogP contribution in [-0.2, 0) is 17.8 Å². The highest BCUT2D eigenvalue weighted by Crippen LogP contribution is 2.18. The molecule has 2 aromatic rings. The monoisotopic (exact) mass is 395 g/mol. The number of carbonyl (C=O) groups is 1. The second-order valence-electron chi connectivity index (χ2n) is 6.27. The molecule has 1 fully saturated rings. The number of anilines is 1. The highest BCUT2D eigenvalue weighted by atomic mass is 35.5. The van der Waals surface area contributed by atoms with E-state index in [4.69, 9.17) is 0 Å². The fourth-order valence-electron chi connectivity index (χ4n) is 3.43. The molecule has 0 bridgehead atoms. The number of amides is 1. The lowest BCUT2D eigenvalue weighted by molar-refractivity contribution is -0.134. The van der Waals surface area contributed by atoms with Crippen LogP contribution >= 0.6 is 24.8 Å². The number of aromatic nitrogens is 2. The molecule has 4 rings (SSSR count). The van der Waals surface area contributed by atoms with E-state index in [-0.39, 0.29) is 36.8 Å². The first kappa shape index (κ1) is 20.4. The predicted molar refractivity (Wildman–Crippen MR) is 106 cm³/mol. The summed E-state index contributed by atoms with van der Waals surface area (Å²) in [7, 11) is 0. The summed E-state index contributed by atoms with van der Waals surface area (Å²) in [4.78, 5) is 25.5. The Balaban J connectivity index is 0.00000121. The zero-order valence-corrected chi connectivity index (χ0v) is 16.0. The van der Waals surface area contributed by atoms with Gasteiger partial charge in [-0.25, -0.2) is 9.97 Å². The van der Waals surface area contributed by atoms with Crippen molar-refractivity contribution in [1.82, 2.24) is 20.2 Å². The third kappa shape index (κ3) is 4.26. The first-order valence-corrected chi connectivity index (χ1v) is 8.42. The van der Waals surface area contributed by atoms with Gasteiger partial charge in [-0.3, -0.25) is 4.79 Å². The van der Waals surface area contributed by atoms with Crippen molar-refractivity contribution in [2.45, 2.75) is 19.0 Å². The van der Waals surface area contributed by atoms with Gasteiger partial charge in [0, 0.05) is 45.1 Å². The van der Waals surface area contributed by atoms with Gasteiger partial charge in [0.05, 0.1) is 6.04 Å². The molecule has 1 N–H and O–H groups in total. The van der Waals surface area contributed by atoms with Gasteiger partial charge in [0.15, 0.2) is 0 Å². The molecule has 140 valence electrons. The molecule has 1 amide bonds. The standard InChI is InChI=1S/C18H21N5O.2ClH/c24-17(16-12-14-4-1-2-5-15(14)13-21-16)22-8-10-23(11-9-22)18-19-6-3-7-20-18;;/h1-7,16,21H,8-13H2;2*1H. The third-order valence-corrected chi connectivity index (χ3v) is 4.81. The van der Waals surface area contributed by atoms with Gasteiger partial charge in [-0.1, -0.05) is 24.3 Å². The number of carbonyl (C=O) groups excluding carboxylic acids is 1. The molecule has 2 aliphatic heterocycles. The van der Waals surface area contributed by atoms with E-state index in [1.807, 2.05) is 23.1 Å². The van der Waals surface area contributed by atoms with Gasteiger partial charge in [-0.05, 0) is 23.6 Å². The summed E-state index contributed by atoms with van der Waals surface area (Å²) < 4.78 is 0. The van der Waals surface area contributed by atoms with Crippen LogP contribution in [0.25, 0.3) is 0 Å². The van der Waals surface area contributed by atoms with Gasteiger partial charge < -0.3 is 15.1 Å². The lowest BCUT2D eigenvalue weighted by Crippen LogP contribution is -2.55. The average Bonchev–Trinajstić information content (AvgIpc) is 2.68. The molecule has 6 nitrogen and oxygen atoms in total. The number of hydrogen-bond acceptors (Lipinski definition) is 5. The second-order valence-corrected chi connectivity index (χ2v) is 6.27. The number of fused-ring (bicyclic) bond motifs is 1. The van der Waals surface area contributed by atoms with E-state index in [1.54, 1.807) is 12.4 Å². The fourth-order valence-corrected chi connectivity index (χ4v) is 3.43. The first-order valence-electron chi connectivity index (χ1n) is 8.42. The molecular formula is C18H23Cl2N5O. The Morgan fingerprint density at radius 2 is 1.62 bits per heavy atom. The van der Waals surface area contributed by atoms with Crippen LogP contribution in [0.4, 0.5) is 5.95 Å². The van der Waals surface area contributed by atoms with E-state index >= 15 is 0 Å². The number of halogens is 2. The molecule has 0 saturated carbocycles. The minimum Gasteiger partial charge on any atom is -0.338 e. The summed E-state index contributed by atoms with van der Waals surface area (Å²) in [6, 6.07) is 10.1. The normalized spacial score (nSPS) is 19.0. The molecule has 1 aromatic heterocycles. The number of benzene rings is 1. The summed E-state index contributed by atoms with van der Waals surface area (Å²) in [5.41, 5.74) is 2.58. The zero-order valence-electron chi connectivity index (χ0n) is 14.4. The molecule has 2 aliphatic rings. The molecule has 26 heavy (non-hydrogen) atoms. The first-order chi connectivity index (χ1) is 11.8. The van der Waals surface area contributed by atoms with Crippen molar-refractivity contribution in [2.75, 3.05) is 31.1 Å². The van der Waals surface area contributed by atoms with Crippen LogP contribution in [0.2, 0.25) is 0 Å². The second kappa shape index (κ2) is 9.16. The maximum atomic E-state index is 12.8. The maximum Gasteiger partial charge on any atom is 0.240 e. The Morgan fingerprint density at radius 3 is 2.31 bits per heavy atom. The summed E-state index contributed by atoms with van der Waals surface area (Å²) in [6.45, 7) is 3.76. The number of nitrogens with zero attached hydrogens (tertiary/aromatic N) is 4. The van der Waals surface area contributed by atoms with Crippen LogP contribution in [0, 0.1) is 0 Å². The van der Waals surface area contributed by atoms with Gasteiger partial charge in [0.25, 0.3) is 0 Å². The summed E-state index contributed by atoms with van der Waals surface area (Å²) in [5, 5.41) is 3.39. The van der Waals surface area contributed by atoms with Gasteiger partial charge in [0.1, 0.15) is 0 Å². The zero-order chi connectivity index (χ0) is 16.4. The summed E-state index contributed by atoms with van der Waals surface area (Å²) in [5.74, 6) is 0.951. The molecule has 1 aromatic carbocycles. The van der Waals surface area contributed by atoms with Crippen LogP contribution < -0.4 is 10.2 Å². The SMILES string of the molecule is Cl.Cl.O=C(C1Cc2ccccc2CN1)N1CCN(c2ncccn2)CC1. The van der Waals surface area contributed by atoms with Crippen molar-refractivity contribution in [3.63, 3.8) is 0 Å². The highest BCUT2D eigenvalue weighted by Gasteiger charge is 2.30. The van der Waals surface area contributed by atoms with Gasteiger partial charge in [-0.15, -0.1) is 24.8 Å². The fraction of sp³-hybridized carbons (Fsp3) is 0.389. The Hall–Kier alpha value is -1.89. The topological polar surface area (TPSA) is 61.4 Å². The third-order valence-electron chi connectivity index (χ3n) is 4.81. The summed E-state index contributed by atoms with van der Waals surface area (Å²) in [6.07, 6.45) is 4.28. The molecule has 0 aliphatic carbocycles. The predicted octanol–water partition coefficient (Wildman–Crippen LogP) is 1.68. The minimum absolute atomic E-state index is 0. The molecule has 1 unspecified atom stereocenters. The summed E-state index contributed by atoms with van der Waals surface area (Å²) >= 11 is 0. The van der Waals surface area contributed by atoms with Crippen LogP contribution in [-0.4, -0.2) is 53.0 Å². The van der Waals surface area contributed by atoms with Crippen LogP contribution in [0.1, 0.15) is 11.1 Å². The molecule has 0 radical (unpaired) electrons. The average molecular weight is 396 g/mol. The largest absolute Gasteiger partial charge is 0.338 e. The minimum atomic E-state index is -0.112. The van der Waals surface area contributed by atoms with Crippen LogP contribution in [0.5, 0.6) is 0 Å². The number of nitrogens with one attached hydrogen (secondary N) is 1. The lowest BCUT2D eigenvalue weighted by atomic mass is 9.95.